The number of nitrogens with one attached hydrogen (secondary N) is 1. The van der Waals surface area contributed by atoms with Crippen LogP contribution in [0.4, 0.5) is 17.6 Å². The summed E-state index contributed by atoms with van der Waals surface area (Å²) in [5.74, 6) is 1.43. The molecule has 0 spiro atoms. The average molecular weight is 314 g/mol. The van der Waals surface area contributed by atoms with Crippen LogP contribution in [-0.4, -0.2) is 36.2 Å². The van der Waals surface area contributed by atoms with Gasteiger partial charge >= 0.3 is 0 Å². The Hall–Kier alpha value is -1.79. The van der Waals surface area contributed by atoms with Gasteiger partial charge in [-0.05, 0) is 23.7 Å². The number of nitrogens with zero attached hydrogens (tertiary/aromatic N) is 4. The summed E-state index contributed by atoms with van der Waals surface area (Å²) in [6.07, 6.45) is 0. The highest BCUT2D eigenvalue weighted by Gasteiger charge is 2.09. The molecule has 0 unspecified atom stereocenters. The Morgan fingerprint density at radius 3 is 2.55 bits per heavy atom. The number of benzene rings is 1. The zero-order valence-corrected chi connectivity index (χ0v) is 12.7. The fourth-order valence-electron chi connectivity index (χ4n) is 1.44. The molecule has 6 nitrogen and oxygen atoms in total. The molecule has 1 aromatic carbocycles. The summed E-state index contributed by atoms with van der Waals surface area (Å²) in [5, 5.41) is 3.62. The molecule has 2 aromatic rings. The molecule has 2 rings (SSSR count). The van der Waals surface area contributed by atoms with E-state index in [4.69, 9.17) is 27.9 Å². The molecule has 0 radical (unpaired) electrons. The Morgan fingerprint density at radius 1 is 1.15 bits per heavy atom. The lowest BCUT2D eigenvalue weighted by molar-refractivity contribution is 0.415. The smallest absolute Gasteiger partial charge is 0.233 e. The molecule has 0 aliphatic carbocycles. The monoisotopic (exact) mass is 313 g/mol. The van der Waals surface area contributed by atoms with E-state index in [1.165, 1.54) is 0 Å². The first-order valence-electron chi connectivity index (χ1n) is 5.69. The van der Waals surface area contributed by atoms with Gasteiger partial charge in [-0.25, -0.2) is 0 Å². The topological polar surface area (TPSA) is 63.2 Å². The number of halogens is 2. The number of rotatable bonds is 4. The van der Waals surface area contributed by atoms with E-state index < -0.39 is 0 Å². The summed E-state index contributed by atoms with van der Waals surface area (Å²) in [6.45, 7) is 0. The van der Waals surface area contributed by atoms with Crippen molar-refractivity contribution in [2.24, 2.45) is 0 Å². The first-order chi connectivity index (χ1) is 9.49. The zero-order chi connectivity index (χ0) is 14.7. The van der Waals surface area contributed by atoms with E-state index in [1.54, 1.807) is 30.2 Å². The van der Waals surface area contributed by atoms with E-state index in [0.717, 1.165) is 0 Å². The lowest BCUT2D eigenvalue weighted by Crippen LogP contribution is -2.14. The molecule has 0 saturated carbocycles. The normalized spacial score (nSPS) is 10.2. The summed E-state index contributed by atoms with van der Waals surface area (Å²) >= 11 is 12.0. The predicted octanol–water partition coefficient (Wildman–Crippen LogP) is 3.00. The molecule has 0 bridgehead atoms. The molecule has 0 atom stereocenters. The number of hydrogen-bond donors (Lipinski definition) is 1. The summed E-state index contributed by atoms with van der Waals surface area (Å²) in [5.41, 5.74) is 0.623. The van der Waals surface area contributed by atoms with Crippen molar-refractivity contribution in [2.45, 2.75) is 0 Å². The Balaban J connectivity index is 2.34. The summed E-state index contributed by atoms with van der Waals surface area (Å²) in [4.78, 5) is 14.0. The van der Waals surface area contributed by atoms with Crippen molar-refractivity contribution >= 4 is 40.8 Å². The van der Waals surface area contributed by atoms with Crippen molar-refractivity contribution in [2.75, 3.05) is 31.4 Å². The average Bonchev–Trinajstić information content (AvgIpc) is 2.40. The predicted molar refractivity (Wildman–Crippen MR) is 80.5 cm³/mol. The minimum Gasteiger partial charge on any atom is -0.497 e. The van der Waals surface area contributed by atoms with E-state index in [-0.39, 0.29) is 5.28 Å². The third-order valence-corrected chi connectivity index (χ3v) is 2.91. The molecule has 20 heavy (non-hydrogen) atoms. The molecule has 0 aliphatic rings. The maximum absolute atomic E-state index is 6.11. The minimum atomic E-state index is 0.102. The Bertz CT molecular complexity index is 621. The largest absolute Gasteiger partial charge is 0.497 e. The van der Waals surface area contributed by atoms with Gasteiger partial charge in [0.2, 0.25) is 17.2 Å². The van der Waals surface area contributed by atoms with E-state index in [1.807, 2.05) is 14.1 Å². The molecular weight excluding hydrogens is 301 g/mol. The molecule has 0 fully saturated rings. The quantitative estimate of drug-likeness (QED) is 0.936. The third-order valence-electron chi connectivity index (χ3n) is 2.42. The Morgan fingerprint density at radius 2 is 1.90 bits per heavy atom. The lowest BCUT2D eigenvalue weighted by Gasteiger charge is -2.13. The number of methoxy groups -OCH3 is 1. The van der Waals surface area contributed by atoms with Crippen LogP contribution in [-0.2, 0) is 0 Å². The van der Waals surface area contributed by atoms with Crippen molar-refractivity contribution in [1.82, 2.24) is 15.0 Å². The number of aromatic nitrogens is 3. The molecule has 0 aliphatic heterocycles. The second-order valence-electron chi connectivity index (χ2n) is 4.09. The van der Waals surface area contributed by atoms with Crippen molar-refractivity contribution < 1.29 is 4.74 Å². The van der Waals surface area contributed by atoms with Crippen molar-refractivity contribution in [3.05, 3.63) is 28.5 Å². The number of hydrogen-bond acceptors (Lipinski definition) is 6. The van der Waals surface area contributed by atoms with E-state index in [2.05, 4.69) is 20.3 Å². The van der Waals surface area contributed by atoms with Crippen molar-refractivity contribution in [1.29, 1.82) is 0 Å². The van der Waals surface area contributed by atoms with Crippen molar-refractivity contribution in [3.63, 3.8) is 0 Å². The van der Waals surface area contributed by atoms with Crippen LogP contribution in [0.3, 0.4) is 0 Å². The van der Waals surface area contributed by atoms with Gasteiger partial charge in [-0.3, -0.25) is 0 Å². The highest BCUT2D eigenvalue weighted by molar-refractivity contribution is 6.33. The van der Waals surface area contributed by atoms with Gasteiger partial charge in [-0.15, -0.1) is 0 Å². The van der Waals surface area contributed by atoms with Gasteiger partial charge in [0.05, 0.1) is 17.8 Å². The molecular formula is C12H13Cl2N5O. The molecule has 106 valence electrons. The van der Waals surface area contributed by atoms with Crippen LogP contribution in [0.2, 0.25) is 10.3 Å². The zero-order valence-electron chi connectivity index (χ0n) is 11.2. The van der Waals surface area contributed by atoms with Crippen molar-refractivity contribution in [3.8, 4) is 5.75 Å². The van der Waals surface area contributed by atoms with E-state index >= 15 is 0 Å². The second kappa shape index (κ2) is 6.11. The molecule has 1 N–H and O–H groups in total. The van der Waals surface area contributed by atoms with Gasteiger partial charge in [0.25, 0.3) is 0 Å². The maximum atomic E-state index is 6.11. The van der Waals surface area contributed by atoms with Crippen LogP contribution in [0.25, 0.3) is 0 Å². The van der Waals surface area contributed by atoms with Gasteiger partial charge in [0.15, 0.2) is 0 Å². The molecule has 0 saturated heterocycles. The highest BCUT2D eigenvalue weighted by atomic mass is 35.5. The van der Waals surface area contributed by atoms with Gasteiger partial charge in [-0.1, -0.05) is 11.6 Å². The highest BCUT2D eigenvalue weighted by Crippen LogP contribution is 2.28. The van der Waals surface area contributed by atoms with Gasteiger partial charge < -0.3 is 15.0 Å². The SMILES string of the molecule is COc1ccc(Cl)c(Nc2nc(Cl)nc(N(C)C)n2)c1. The summed E-state index contributed by atoms with van der Waals surface area (Å²) in [6, 6.07) is 5.23. The Kier molecular flexibility index (Phi) is 4.46. The Labute approximate surface area is 126 Å². The third kappa shape index (κ3) is 3.40. The van der Waals surface area contributed by atoms with Gasteiger partial charge in [0.1, 0.15) is 5.75 Å². The molecule has 0 amide bonds. The standard InChI is InChI=1S/C12H13Cl2N5O/c1-19(2)12-17-10(14)16-11(18-12)15-9-6-7(20-3)4-5-8(9)13/h4-6H,1-3H3,(H,15,16,17,18). The molecule has 8 heteroatoms. The molecule has 1 aromatic heterocycles. The minimum absolute atomic E-state index is 0.102. The van der Waals surface area contributed by atoms with Crippen LogP contribution in [0.5, 0.6) is 5.75 Å². The van der Waals surface area contributed by atoms with Crippen LogP contribution < -0.4 is 15.0 Å². The van der Waals surface area contributed by atoms with Gasteiger partial charge in [-0.2, -0.15) is 15.0 Å². The lowest BCUT2D eigenvalue weighted by atomic mass is 10.3. The van der Waals surface area contributed by atoms with Crippen LogP contribution in [0, 0.1) is 0 Å². The number of anilines is 3. The van der Waals surface area contributed by atoms with E-state index in [0.29, 0.717) is 28.4 Å². The fraction of sp³-hybridized carbons (Fsp3) is 0.250. The van der Waals surface area contributed by atoms with Crippen LogP contribution in [0.15, 0.2) is 18.2 Å². The molecule has 1 heterocycles. The maximum Gasteiger partial charge on any atom is 0.233 e. The van der Waals surface area contributed by atoms with Gasteiger partial charge in [0, 0.05) is 20.2 Å². The first kappa shape index (κ1) is 14.6. The summed E-state index contributed by atoms with van der Waals surface area (Å²) < 4.78 is 5.15. The van der Waals surface area contributed by atoms with Crippen LogP contribution in [0.1, 0.15) is 0 Å². The number of ether oxygens (including phenoxy) is 1. The van der Waals surface area contributed by atoms with E-state index in [9.17, 15) is 0 Å². The summed E-state index contributed by atoms with van der Waals surface area (Å²) in [7, 11) is 5.21. The fourth-order valence-corrected chi connectivity index (χ4v) is 1.76. The second-order valence-corrected chi connectivity index (χ2v) is 4.84. The first-order valence-corrected chi connectivity index (χ1v) is 6.44. The van der Waals surface area contributed by atoms with Crippen LogP contribution >= 0.6 is 23.2 Å².